The third-order valence-electron chi connectivity index (χ3n) is 0.444. The second kappa shape index (κ2) is 2.64. The molecule has 0 heterocycles. The lowest BCUT2D eigenvalue weighted by atomic mass is 10.4. The Kier molecular flexibility index (Phi) is 2.38. The lowest BCUT2D eigenvalue weighted by molar-refractivity contribution is 0.679. The van der Waals surface area contributed by atoms with Gasteiger partial charge in [-0.05, 0) is 6.92 Å². The lowest BCUT2D eigenvalue weighted by Crippen LogP contribution is -2.30. The van der Waals surface area contributed by atoms with Gasteiger partial charge in [-0.2, -0.15) is 5.26 Å². The minimum Gasteiger partial charge on any atom is -0.270 e. The van der Waals surface area contributed by atoms with Crippen LogP contribution in [-0.4, -0.2) is 6.04 Å². The van der Waals surface area contributed by atoms with Gasteiger partial charge in [0.2, 0.25) is 0 Å². The molecule has 0 radical (unpaired) electrons. The number of rotatable bonds is 1. The zero-order valence-corrected chi connectivity index (χ0v) is 3.60. The molecule has 0 fully saturated rings. The summed E-state index contributed by atoms with van der Waals surface area (Å²) in [7, 11) is 0. The Morgan fingerprint density at radius 3 is 2.50 bits per heavy atom. The Morgan fingerprint density at radius 1 is 2.00 bits per heavy atom. The van der Waals surface area contributed by atoms with Crippen molar-refractivity contribution in [1.82, 2.24) is 5.43 Å². The van der Waals surface area contributed by atoms with E-state index in [1.165, 1.54) is 0 Å². The van der Waals surface area contributed by atoms with Crippen molar-refractivity contribution in [2.24, 2.45) is 5.84 Å². The van der Waals surface area contributed by atoms with Crippen LogP contribution in [0.15, 0.2) is 0 Å². The fourth-order valence-corrected chi connectivity index (χ4v) is 0.0373. The third-order valence-corrected chi connectivity index (χ3v) is 0.444. The SMILES string of the molecule is CC(C#N)NN. The van der Waals surface area contributed by atoms with Gasteiger partial charge in [0.15, 0.2) is 0 Å². The molecular formula is C3H7N3. The minimum absolute atomic E-state index is 0.231. The standard InChI is InChI=1S/C3H7N3/c1-3(2-4)6-5/h3,6H,5H2,1H3. The van der Waals surface area contributed by atoms with Crippen molar-refractivity contribution in [3.8, 4) is 6.07 Å². The van der Waals surface area contributed by atoms with Gasteiger partial charge in [0.1, 0.15) is 6.04 Å². The smallest absolute Gasteiger partial charge is 0.105 e. The number of nitrogens with one attached hydrogen (secondary N) is 1. The second-order valence-electron chi connectivity index (χ2n) is 1.02. The van der Waals surface area contributed by atoms with Crippen molar-refractivity contribution in [3.05, 3.63) is 0 Å². The van der Waals surface area contributed by atoms with Crippen LogP contribution in [0.4, 0.5) is 0 Å². The first-order chi connectivity index (χ1) is 2.81. The highest BCUT2D eigenvalue weighted by Crippen LogP contribution is 1.65. The first kappa shape index (κ1) is 5.41. The van der Waals surface area contributed by atoms with E-state index in [0.29, 0.717) is 0 Å². The van der Waals surface area contributed by atoms with Gasteiger partial charge in [0.25, 0.3) is 0 Å². The fraction of sp³-hybridized carbons (Fsp3) is 0.667. The molecule has 34 valence electrons. The molecular weight excluding hydrogens is 78.1 g/mol. The van der Waals surface area contributed by atoms with Crippen molar-refractivity contribution in [3.63, 3.8) is 0 Å². The number of nitriles is 1. The van der Waals surface area contributed by atoms with Gasteiger partial charge in [0.05, 0.1) is 6.07 Å². The number of hydrogen-bond acceptors (Lipinski definition) is 3. The van der Waals surface area contributed by atoms with Crippen LogP contribution >= 0.6 is 0 Å². The van der Waals surface area contributed by atoms with Crippen LogP contribution in [0.2, 0.25) is 0 Å². The molecule has 0 aromatic heterocycles. The summed E-state index contributed by atoms with van der Waals surface area (Å²) in [6, 6.07) is 1.65. The molecule has 0 saturated carbocycles. The van der Waals surface area contributed by atoms with Crippen LogP contribution in [0.1, 0.15) is 6.92 Å². The van der Waals surface area contributed by atoms with Crippen molar-refractivity contribution < 1.29 is 0 Å². The molecule has 0 aliphatic carbocycles. The Bertz CT molecular complexity index is 62.9. The summed E-state index contributed by atoms with van der Waals surface area (Å²) in [5, 5.41) is 7.94. The Labute approximate surface area is 36.7 Å². The van der Waals surface area contributed by atoms with Gasteiger partial charge in [0, 0.05) is 0 Å². The van der Waals surface area contributed by atoms with E-state index in [1.54, 1.807) is 6.92 Å². The molecule has 0 spiro atoms. The van der Waals surface area contributed by atoms with E-state index in [9.17, 15) is 0 Å². The summed E-state index contributed by atoms with van der Waals surface area (Å²) in [4.78, 5) is 0. The quantitative estimate of drug-likeness (QED) is 0.329. The van der Waals surface area contributed by atoms with E-state index >= 15 is 0 Å². The number of hydrogen-bond donors (Lipinski definition) is 2. The molecule has 3 nitrogen and oxygen atoms in total. The van der Waals surface area contributed by atoms with Crippen molar-refractivity contribution in [2.75, 3.05) is 0 Å². The molecule has 0 aromatic carbocycles. The molecule has 0 aromatic rings. The predicted molar refractivity (Wildman–Crippen MR) is 22.4 cm³/mol. The number of nitrogens with two attached hydrogens (primary N) is 1. The third kappa shape index (κ3) is 1.70. The van der Waals surface area contributed by atoms with Crippen molar-refractivity contribution >= 4 is 0 Å². The lowest BCUT2D eigenvalue weighted by Gasteiger charge is -1.92. The first-order valence-electron chi connectivity index (χ1n) is 1.67. The van der Waals surface area contributed by atoms with Gasteiger partial charge in [-0.3, -0.25) is 5.84 Å². The Balaban J connectivity index is 3.04. The highest BCUT2D eigenvalue weighted by atomic mass is 15.2. The highest BCUT2D eigenvalue weighted by molar-refractivity contribution is 4.82. The summed E-state index contributed by atoms with van der Waals surface area (Å²) in [5.41, 5.74) is 2.25. The molecule has 6 heavy (non-hydrogen) atoms. The van der Waals surface area contributed by atoms with Crippen LogP contribution in [-0.2, 0) is 0 Å². The van der Waals surface area contributed by atoms with E-state index < -0.39 is 0 Å². The monoisotopic (exact) mass is 85.1 g/mol. The zero-order chi connectivity index (χ0) is 4.99. The molecule has 0 rings (SSSR count). The fourth-order valence-electron chi connectivity index (χ4n) is 0.0373. The number of nitrogens with zero attached hydrogens (tertiary/aromatic N) is 1. The topological polar surface area (TPSA) is 61.8 Å². The molecule has 3 N–H and O–H groups in total. The summed E-state index contributed by atoms with van der Waals surface area (Å²) in [6.45, 7) is 1.68. The van der Waals surface area contributed by atoms with Gasteiger partial charge in [-0.1, -0.05) is 0 Å². The average Bonchev–Trinajstić information content (AvgIpc) is 1.65. The molecule has 0 aliphatic heterocycles. The van der Waals surface area contributed by atoms with Crippen LogP contribution in [0.25, 0.3) is 0 Å². The molecule has 0 bridgehead atoms. The second-order valence-corrected chi connectivity index (χ2v) is 1.02. The van der Waals surface area contributed by atoms with Gasteiger partial charge >= 0.3 is 0 Å². The maximum absolute atomic E-state index is 7.94. The Morgan fingerprint density at radius 2 is 2.50 bits per heavy atom. The zero-order valence-electron chi connectivity index (χ0n) is 3.60. The van der Waals surface area contributed by atoms with Crippen LogP contribution in [0, 0.1) is 11.3 Å². The molecule has 0 saturated heterocycles. The normalized spacial score (nSPS) is 12.8. The van der Waals surface area contributed by atoms with E-state index in [4.69, 9.17) is 11.1 Å². The average molecular weight is 85.1 g/mol. The number of hydrazine groups is 1. The van der Waals surface area contributed by atoms with Gasteiger partial charge in [-0.25, -0.2) is 5.43 Å². The highest BCUT2D eigenvalue weighted by Gasteiger charge is 1.86. The summed E-state index contributed by atoms with van der Waals surface area (Å²) < 4.78 is 0. The first-order valence-corrected chi connectivity index (χ1v) is 1.67. The van der Waals surface area contributed by atoms with Crippen LogP contribution < -0.4 is 11.3 Å². The van der Waals surface area contributed by atoms with Crippen LogP contribution in [0.5, 0.6) is 0 Å². The summed E-state index contributed by atoms with van der Waals surface area (Å²) in [6.07, 6.45) is 0. The summed E-state index contributed by atoms with van der Waals surface area (Å²) in [5.74, 6) is 4.81. The largest absolute Gasteiger partial charge is 0.270 e. The molecule has 1 atom stereocenters. The van der Waals surface area contributed by atoms with Crippen molar-refractivity contribution in [2.45, 2.75) is 13.0 Å². The van der Waals surface area contributed by atoms with E-state index in [-0.39, 0.29) is 6.04 Å². The molecule has 0 aliphatic rings. The predicted octanol–water partition coefficient (Wildman–Crippen LogP) is -0.638. The van der Waals surface area contributed by atoms with E-state index in [1.807, 2.05) is 6.07 Å². The van der Waals surface area contributed by atoms with Crippen molar-refractivity contribution in [1.29, 1.82) is 5.26 Å². The molecule has 1 unspecified atom stereocenters. The maximum Gasteiger partial charge on any atom is 0.105 e. The van der Waals surface area contributed by atoms with Crippen LogP contribution in [0.3, 0.4) is 0 Å². The minimum atomic E-state index is -0.231. The van der Waals surface area contributed by atoms with E-state index in [2.05, 4.69) is 5.43 Å². The van der Waals surface area contributed by atoms with Gasteiger partial charge in [-0.15, -0.1) is 0 Å². The summed E-state index contributed by atoms with van der Waals surface area (Å²) >= 11 is 0. The maximum atomic E-state index is 7.94. The Hall–Kier alpha value is -0.590. The molecule has 3 heteroatoms. The van der Waals surface area contributed by atoms with E-state index in [0.717, 1.165) is 0 Å². The molecule has 0 amide bonds. The van der Waals surface area contributed by atoms with Gasteiger partial charge < -0.3 is 0 Å².